The van der Waals surface area contributed by atoms with Gasteiger partial charge in [-0.1, -0.05) is 27.7 Å². The molecule has 8 atom stereocenters. The third kappa shape index (κ3) is 20.4. The normalized spacial score (nSPS) is 14.8. The molecule has 7 amide bonds. The number of guanidine groups is 1. The Bertz CT molecular complexity index is 1760. The van der Waals surface area contributed by atoms with E-state index in [2.05, 4.69) is 64.8 Å². The molecular weight excluding hydrogens is 867 g/mol. The van der Waals surface area contributed by atoms with Crippen molar-refractivity contribution in [2.45, 2.75) is 115 Å². The number of aliphatic hydroxyl groups excluding tert-OH is 2. The van der Waals surface area contributed by atoms with Crippen molar-refractivity contribution >= 4 is 71.9 Å². The molecule has 0 spiro atoms. The van der Waals surface area contributed by atoms with E-state index in [9.17, 15) is 63.6 Å². The monoisotopic (exact) mass is 929 g/mol. The van der Waals surface area contributed by atoms with Gasteiger partial charge in [0.2, 0.25) is 41.4 Å². The number of rotatable bonds is 30. The molecule has 0 fully saturated rings. The van der Waals surface area contributed by atoms with Crippen LogP contribution in [0.5, 0.6) is 0 Å². The van der Waals surface area contributed by atoms with Crippen molar-refractivity contribution in [3.63, 3.8) is 0 Å². The van der Waals surface area contributed by atoms with E-state index in [1.165, 1.54) is 26.4 Å². The standard InChI is InChI=1S/C37H63N13O13S/c1-17(2)10-22(45-29(55)20(38)6-5-9-42-37(39)40)31(57)47-25(14-52)33(59)50-28(18(3)4)35(61)48-24(13-51)32(58)44-21(7-8-27(53)54)30(56)49-26(15-64)34(60)46-23(36(62)63)11-19-12-41-16-43-19/h12,16-18,20-26,28,51-52,64H,5-11,13-15,38H2,1-4H3,(H,41,43)(H,44,58)(H,45,55)(H,46,60)(H,47,57)(H,48,61)(H,49,56)(H,50,59)(H,53,54)(H,62,63)(H4,39,40,42)/t20-,21-,22-,23-,24-,25-,26-,28-/m0/s1. The maximum absolute atomic E-state index is 13.5. The SMILES string of the molecule is CC(C)C[C@H](NC(=O)[C@@H](N)CCCN=C(N)N)C(=O)N[C@@H](CO)C(=O)N[C@H](C(=O)N[C@@H](CO)C(=O)N[C@@H](CCC(=O)O)C(=O)N[C@@H](CS)C(=O)N[C@@H](Cc1cnc[nH]1)C(=O)O)C(C)C. The number of hydrogen-bond acceptors (Lipinski definition) is 15. The topological polar surface area (TPSA) is 438 Å². The first-order valence-electron chi connectivity index (χ1n) is 20.2. The van der Waals surface area contributed by atoms with Gasteiger partial charge in [0.15, 0.2) is 5.96 Å². The lowest BCUT2D eigenvalue weighted by molar-refractivity contribution is -0.142. The van der Waals surface area contributed by atoms with E-state index in [0.29, 0.717) is 12.1 Å². The first kappa shape index (κ1) is 56.0. The van der Waals surface area contributed by atoms with Gasteiger partial charge in [-0.15, -0.1) is 0 Å². The minimum absolute atomic E-state index is 0.115. The van der Waals surface area contributed by atoms with Gasteiger partial charge in [-0.2, -0.15) is 12.6 Å². The van der Waals surface area contributed by atoms with Gasteiger partial charge in [0.25, 0.3) is 0 Å². The molecule has 18 N–H and O–H groups in total. The molecule has 26 nitrogen and oxygen atoms in total. The summed E-state index contributed by atoms with van der Waals surface area (Å²) in [7, 11) is 0. The summed E-state index contributed by atoms with van der Waals surface area (Å²) in [5.74, 6) is -10.9. The van der Waals surface area contributed by atoms with Crippen LogP contribution < -0.4 is 54.4 Å². The van der Waals surface area contributed by atoms with Crippen LogP contribution in [0.3, 0.4) is 0 Å². The maximum atomic E-state index is 13.5. The molecule has 27 heteroatoms. The van der Waals surface area contributed by atoms with Crippen LogP contribution in [-0.4, -0.2) is 163 Å². The predicted octanol–water partition coefficient (Wildman–Crippen LogP) is -5.71. The number of amides is 7. The number of nitrogens with one attached hydrogen (secondary N) is 8. The fraction of sp³-hybridized carbons (Fsp3) is 0.649. The Balaban J connectivity index is 3.09. The molecule has 64 heavy (non-hydrogen) atoms. The summed E-state index contributed by atoms with van der Waals surface area (Å²) < 4.78 is 0. The summed E-state index contributed by atoms with van der Waals surface area (Å²) in [5, 5.41) is 55.4. The third-order valence-electron chi connectivity index (χ3n) is 9.21. The summed E-state index contributed by atoms with van der Waals surface area (Å²) >= 11 is 4.06. The number of aliphatic hydroxyl groups is 2. The number of aromatic amines is 1. The number of carboxylic acids is 2. The number of carbonyl (C=O) groups excluding carboxylic acids is 7. The summed E-state index contributed by atoms with van der Waals surface area (Å²) in [6, 6.07) is -11.7. The van der Waals surface area contributed by atoms with Gasteiger partial charge in [-0.25, -0.2) is 9.78 Å². The van der Waals surface area contributed by atoms with Crippen LogP contribution in [0.15, 0.2) is 17.5 Å². The number of aromatic nitrogens is 2. The molecule has 0 radical (unpaired) electrons. The van der Waals surface area contributed by atoms with E-state index < -0.39 is 134 Å². The van der Waals surface area contributed by atoms with Crippen molar-refractivity contribution < 1.29 is 63.6 Å². The molecule has 1 aromatic rings. The van der Waals surface area contributed by atoms with Crippen molar-refractivity contribution in [1.29, 1.82) is 0 Å². The summed E-state index contributed by atoms with van der Waals surface area (Å²) in [6.45, 7) is 4.79. The number of carbonyl (C=O) groups is 9. The Labute approximate surface area is 374 Å². The summed E-state index contributed by atoms with van der Waals surface area (Å²) in [5.41, 5.74) is 17.0. The predicted molar refractivity (Wildman–Crippen MR) is 231 cm³/mol. The fourth-order valence-corrected chi connectivity index (χ4v) is 5.96. The van der Waals surface area contributed by atoms with Gasteiger partial charge in [0.1, 0.15) is 42.3 Å². The number of aliphatic imine (C=N–C) groups is 1. The third-order valence-corrected chi connectivity index (χ3v) is 9.58. The van der Waals surface area contributed by atoms with Gasteiger partial charge in [-0.3, -0.25) is 43.3 Å². The van der Waals surface area contributed by atoms with Crippen LogP contribution in [0.1, 0.15) is 65.5 Å². The lowest BCUT2D eigenvalue weighted by atomic mass is 10.0. The highest BCUT2D eigenvalue weighted by Gasteiger charge is 2.35. The van der Waals surface area contributed by atoms with E-state index in [4.69, 9.17) is 17.2 Å². The number of thiol groups is 1. The van der Waals surface area contributed by atoms with E-state index >= 15 is 0 Å². The second-order valence-electron chi connectivity index (χ2n) is 15.4. The highest BCUT2D eigenvalue weighted by atomic mass is 32.1. The van der Waals surface area contributed by atoms with Crippen LogP contribution in [0.25, 0.3) is 0 Å². The number of nitrogens with zero attached hydrogens (tertiary/aromatic N) is 2. The second kappa shape index (κ2) is 28.6. The zero-order valence-corrected chi connectivity index (χ0v) is 36.9. The van der Waals surface area contributed by atoms with Gasteiger partial charge in [-0.05, 0) is 37.5 Å². The lowest BCUT2D eigenvalue weighted by Crippen LogP contribution is -2.62. The quantitative estimate of drug-likeness (QED) is 0.0148. The van der Waals surface area contributed by atoms with Gasteiger partial charge in [0.05, 0.1) is 25.6 Å². The molecule has 0 aliphatic rings. The molecule has 0 unspecified atom stereocenters. The van der Waals surface area contributed by atoms with Crippen molar-refractivity contribution in [3.8, 4) is 0 Å². The Morgan fingerprint density at radius 2 is 1.20 bits per heavy atom. The fourth-order valence-electron chi connectivity index (χ4n) is 5.71. The molecule has 0 saturated heterocycles. The number of H-pyrrole nitrogens is 1. The van der Waals surface area contributed by atoms with Crippen LogP contribution in [0.2, 0.25) is 0 Å². The lowest BCUT2D eigenvalue weighted by Gasteiger charge is -2.28. The van der Waals surface area contributed by atoms with E-state index in [1.807, 2.05) is 0 Å². The highest BCUT2D eigenvalue weighted by molar-refractivity contribution is 7.80. The molecular formula is C37H63N13O13S. The van der Waals surface area contributed by atoms with Crippen LogP contribution in [-0.2, 0) is 49.6 Å². The van der Waals surface area contributed by atoms with Crippen molar-refractivity contribution in [2.24, 2.45) is 34.0 Å². The Morgan fingerprint density at radius 1 is 0.703 bits per heavy atom. The Hall–Kier alpha value is -6.06. The zero-order chi connectivity index (χ0) is 48.7. The first-order chi connectivity index (χ1) is 30.0. The average Bonchev–Trinajstić information content (AvgIpc) is 3.74. The van der Waals surface area contributed by atoms with Gasteiger partial charge in [0, 0.05) is 37.0 Å². The molecule has 1 heterocycles. The van der Waals surface area contributed by atoms with E-state index in [0.717, 1.165) is 0 Å². The number of nitrogens with two attached hydrogens (primary N) is 3. The highest BCUT2D eigenvalue weighted by Crippen LogP contribution is 2.09. The number of imidazole rings is 1. The molecule has 360 valence electrons. The van der Waals surface area contributed by atoms with Gasteiger partial charge >= 0.3 is 11.9 Å². The molecule has 0 bridgehead atoms. The van der Waals surface area contributed by atoms with Crippen molar-refractivity contribution in [1.82, 2.24) is 47.2 Å². The summed E-state index contributed by atoms with van der Waals surface area (Å²) in [4.78, 5) is 126. The minimum atomic E-state index is -1.79. The zero-order valence-electron chi connectivity index (χ0n) is 36.0. The Morgan fingerprint density at radius 3 is 1.70 bits per heavy atom. The molecule has 0 saturated carbocycles. The second-order valence-corrected chi connectivity index (χ2v) is 15.7. The van der Waals surface area contributed by atoms with Crippen LogP contribution >= 0.6 is 12.6 Å². The molecule has 0 aliphatic heterocycles. The minimum Gasteiger partial charge on any atom is -0.481 e. The largest absolute Gasteiger partial charge is 0.481 e. The summed E-state index contributed by atoms with van der Waals surface area (Å²) in [6.07, 6.45) is 1.92. The van der Waals surface area contributed by atoms with Crippen molar-refractivity contribution in [3.05, 3.63) is 18.2 Å². The molecule has 1 aromatic heterocycles. The maximum Gasteiger partial charge on any atom is 0.326 e. The van der Waals surface area contributed by atoms with Gasteiger partial charge < -0.3 is 79.8 Å². The van der Waals surface area contributed by atoms with E-state index in [1.54, 1.807) is 13.8 Å². The van der Waals surface area contributed by atoms with E-state index in [-0.39, 0.29) is 43.4 Å². The molecule has 1 rings (SSSR count). The first-order valence-corrected chi connectivity index (χ1v) is 20.9. The van der Waals surface area contributed by atoms with Crippen LogP contribution in [0, 0.1) is 11.8 Å². The molecule has 0 aromatic carbocycles. The number of hydrogen-bond donors (Lipinski definition) is 16. The number of carboxylic acid groups (broad SMARTS) is 2. The van der Waals surface area contributed by atoms with Crippen LogP contribution in [0.4, 0.5) is 0 Å². The average molecular weight is 930 g/mol. The Kier molecular flexibility index (Phi) is 25.0. The van der Waals surface area contributed by atoms with Crippen molar-refractivity contribution in [2.75, 3.05) is 25.5 Å². The molecule has 0 aliphatic carbocycles. The number of aliphatic carboxylic acids is 2. The smallest absolute Gasteiger partial charge is 0.326 e.